The van der Waals surface area contributed by atoms with Gasteiger partial charge in [-0.05, 0) is 137 Å². The number of aryl methyl sites for hydroxylation is 1. The van der Waals surface area contributed by atoms with Crippen molar-refractivity contribution >= 4 is 82.7 Å². The Bertz CT molecular complexity index is 3260. The average Bonchev–Trinajstić information content (AvgIpc) is 1.63. The van der Waals surface area contributed by atoms with Crippen LogP contribution in [0, 0.1) is 23.7 Å². The van der Waals surface area contributed by atoms with Gasteiger partial charge in [-0.3, -0.25) is 0 Å². The topological polar surface area (TPSA) is 15.3 Å². The Morgan fingerprint density at radius 2 is 1.18 bits per heavy atom. The van der Waals surface area contributed by atoms with Crippen molar-refractivity contribution in [2.24, 2.45) is 23.7 Å². The van der Waals surface area contributed by atoms with E-state index in [4.69, 9.17) is 6.58 Å². The van der Waals surface area contributed by atoms with Gasteiger partial charge in [0.05, 0.1) is 11.4 Å². The first-order chi connectivity index (χ1) is 42.2. The summed E-state index contributed by atoms with van der Waals surface area (Å²) in [5.74, 6) is 3.13. The number of hydrogen-bond acceptors (Lipinski definition) is 6. The van der Waals surface area contributed by atoms with Gasteiger partial charge in [0.25, 0.3) is 0 Å². The first-order valence-electron chi connectivity index (χ1n) is 34.0. The maximum absolute atomic E-state index is 4.82. The van der Waals surface area contributed by atoms with E-state index in [0.717, 1.165) is 47.7 Å². The van der Waals surface area contributed by atoms with Gasteiger partial charge in [-0.25, -0.2) is 0 Å². The number of allylic oxidation sites excluding steroid dienone is 4. The highest BCUT2D eigenvalue weighted by atomic mass is 32.1. The molecule has 2 nitrogen and oxygen atoms in total. The van der Waals surface area contributed by atoms with Crippen LogP contribution < -0.4 is 5.32 Å². The summed E-state index contributed by atoms with van der Waals surface area (Å²) in [6.45, 7) is 41.5. The van der Waals surface area contributed by atoms with Crippen molar-refractivity contribution in [2.75, 3.05) is 7.05 Å². The number of likely N-dealkylation sites (N-methyl/N-ethyl adjacent to an activating group) is 1. The number of nitrogens with one attached hydrogen (secondary N) is 1. The molecular weight excluding hydrogens is 1130 g/mol. The average molecular weight is 1240 g/mol. The van der Waals surface area contributed by atoms with E-state index in [2.05, 4.69) is 192 Å². The minimum absolute atomic E-state index is 0.111. The molecule has 1 aliphatic rings. The fourth-order valence-electron chi connectivity index (χ4n) is 12.6. The third kappa shape index (κ3) is 19.3. The standard InChI is InChI=1S/C66H86N2S4.C9H20.C6H6/c1-14-22-28-46(17-4)33-34-53-55-41-61(71-64(55)52(20-7)56-42-62(72-65(53)56)66(11,12)51-31-26-25-27-32-51)63-50(37-48(19-6)30-24-16-3)39-60(70-63)54-40-57(67-21-8)58(68(13)45(54)10)35-44(9)59-38-49(43-69-59)36-47(18-5)29-23-15-2;1-4-7-8-9(5-2)6-3;1-2-4-6-5-3-1/h20-21,25-27,31-32,35,38-43,46-48,67H,7-8,10,14-19,22-24,28-30,33-34,36-37H2,1-6,9,11-13H3;9H,4-8H2,1-3H3;1-6H/b44-35+;;. The lowest BCUT2D eigenvalue weighted by molar-refractivity contribution is 0.423. The molecule has 3 atom stereocenters. The molecule has 3 unspecified atom stereocenters. The SMILES string of the molecule is C=CNC1=C(/C=C(\C)c2cc(CC(CC)CCCC)cs2)N(C)C(=C)C(c2cc(CC(CC)CCCC)c(-c3cc4c(CCC(CC)CCCC)c5sc(C(C)(C)c6ccccc6)cc5c(C=C)c4s3)s2)=C1.CCCCC(CC)CC.c1ccccc1. The maximum atomic E-state index is 4.82. The summed E-state index contributed by atoms with van der Waals surface area (Å²) < 4.78 is 2.84. The molecule has 4 aromatic heterocycles. The highest BCUT2D eigenvalue weighted by Crippen LogP contribution is 2.51. The van der Waals surface area contributed by atoms with Crippen LogP contribution in [-0.2, 0) is 24.7 Å². The minimum Gasteiger partial charge on any atom is -0.361 e. The zero-order valence-corrected chi connectivity index (χ0v) is 59.7. The van der Waals surface area contributed by atoms with Crippen molar-refractivity contribution in [1.82, 2.24) is 10.2 Å². The van der Waals surface area contributed by atoms with Crippen molar-refractivity contribution < 1.29 is 0 Å². The Hall–Kier alpha value is -4.98. The van der Waals surface area contributed by atoms with E-state index in [0.29, 0.717) is 5.92 Å². The Morgan fingerprint density at radius 3 is 1.75 bits per heavy atom. The lowest BCUT2D eigenvalue weighted by Gasteiger charge is -2.31. The number of rotatable bonds is 33. The van der Waals surface area contributed by atoms with Crippen LogP contribution in [-0.4, -0.2) is 11.9 Å². The molecular formula is C81H112N2S4. The lowest BCUT2D eigenvalue weighted by Crippen LogP contribution is -2.25. The maximum Gasteiger partial charge on any atom is 0.0650 e. The summed E-state index contributed by atoms with van der Waals surface area (Å²) in [6.07, 6.45) is 35.4. The molecule has 8 rings (SSSR count). The summed E-state index contributed by atoms with van der Waals surface area (Å²) in [6, 6.07) is 33.2. The van der Waals surface area contributed by atoms with E-state index < -0.39 is 0 Å². The second-order valence-electron chi connectivity index (χ2n) is 25.3. The second kappa shape index (κ2) is 36.6. The molecule has 0 aliphatic carbocycles. The molecule has 0 spiro atoms. The summed E-state index contributed by atoms with van der Waals surface area (Å²) in [5, 5.41) is 8.75. The molecule has 0 amide bonds. The molecule has 3 aromatic carbocycles. The van der Waals surface area contributed by atoms with Crippen molar-refractivity contribution in [3.63, 3.8) is 0 Å². The summed E-state index contributed by atoms with van der Waals surface area (Å²) in [7, 11) is 2.18. The van der Waals surface area contributed by atoms with Crippen LogP contribution in [0.5, 0.6) is 0 Å². The largest absolute Gasteiger partial charge is 0.361 e. The van der Waals surface area contributed by atoms with Crippen molar-refractivity contribution in [3.8, 4) is 9.75 Å². The molecule has 470 valence electrons. The normalized spacial score (nSPS) is 14.0. The molecule has 1 aliphatic heterocycles. The number of thiophene rings is 4. The van der Waals surface area contributed by atoms with Crippen molar-refractivity contribution in [1.29, 1.82) is 0 Å². The van der Waals surface area contributed by atoms with E-state index in [9.17, 15) is 0 Å². The Balaban J connectivity index is 0.000000707. The van der Waals surface area contributed by atoms with Gasteiger partial charge in [0.1, 0.15) is 0 Å². The van der Waals surface area contributed by atoms with E-state index in [-0.39, 0.29) is 5.41 Å². The first kappa shape index (κ1) is 71.1. The van der Waals surface area contributed by atoms with Crippen molar-refractivity contribution in [2.45, 2.75) is 223 Å². The van der Waals surface area contributed by atoms with Crippen LogP contribution in [0.4, 0.5) is 0 Å². The zero-order chi connectivity index (χ0) is 62.9. The number of nitrogens with zero attached hydrogens (tertiary/aromatic N) is 1. The van der Waals surface area contributed by atoms with Crippen molar-refractivity contribution in [3.05, 3.63) is 194 Å². The Labute approximate surface area is 546 Å². The summed E-state index contributed by atoms with van der Waals surface area (Å²) in [5.41, 5.74) is 12.6. The second-order valence-corrected chi connectivity index (χ2v) is 29.4. The monoisotopic (exact) mass is 1240 g/mol. The van der Waals surface area contributed by atoms with Crippen LogP contribution in [0.1, 0.15) is 241 Å². The molecule has 0 fully saturated rings. The zero-order valence-electron chi connectivity index (χ0n) is 56.4. The van der Waals surface area contributed by atoms with Gasteiger partial charge in [-0.2, -0.15) is 0 Å². The van der Waals surface area contributed by atoms with E-state index in [1.807, 2.05) is 87.9 Å². The van der Waals surface area contributed by atoms with E-state index in [1.165, 1.54) is 206 Å². The van der Waals surface area contributed by atoms with Gasteiger partial charge >= 0.3 is 0 Å². The van der Waals surface area contributed by atoms with E-state index >= 15 is 0 Å². The van der Waals surface area contributed by atoms with Gasteiger partial charge in [-0.15, -0.1) is 45.3 Å². The fourth-order valence-corrected chi connectivity index (χ4v) is 17.4. The molecule has 87 heavy (non-hydrogen) atoms. The van der Waals surface area contributed by atoms with Crippen LogP contribution in [0.25, 0.3) is 47.1 Å². The van der Waals surface area contributed by atoms with Gasteiger partial charge in [0.2, 0.25) is 0 Å². The molecule has 7 aromatic rings. The first-order valence-corrected chi connectivity index (χ1v) is 37.4. The molecule has 0 saturated heterocycles. The summed E-state index contributed by atoms with van der Waals surface area (Å²) >= 11 is 7.86. The molecule has 5 heterocycles. The third-order valence-electron chi connectivity index (χ3n) is 18.8. The molecule has 6 heteroatoms. The van der Waals surface area contributed by atoms with E-state index in [1.54, 1.807) is 0 Å². The Kier molecular flexibility index (Phi) is 29.9. The van der Waals surface area contributed by atoms with Crippen LogP contribution >= 0.6 is 45.3 Å². The van der Waals surface area contributed by atoms with Gasteiger partial charge in [0.15, 0.2) is 0 Å². The van der Waals surface area contributed by atoms with Gasteiger partial charge in [-0.1, -0.05) is 278 Å². The van der Waals surface area contributed by atoms with Gasteiger partial charge in [0, 0.05) is 68.5 Å². The highest BCUT2D eigenvalue weighted by molar-refractivity contribution is 7.27. The van der Waals surface area contributed by atoms with Crippen LogP contribution in [0.15, 0.2) is 152 Å². The predicted molar refractivity (Wildman–Crippen MR) is 398 cm³/mol. The fraction of sp³-hybridized carbons (Fsp3) is 0.481. The number of benzene rings is 3. The number of fused-ring (bicyclic) bond motifs is 2. The third-order valence-corrected chi connectivity index (χ3v) is 24.0. The minimum atomic E-state index is -0.111. The van der Waals surface area contributed by atoms with Crippen LogP contribution in [0.3, 0.4) is 0 Å². The number of hydrogen-bond donors (Lipinski definition) is 1. The quantitative estimate of drug-likeness (QED) is 0.0441. The molecule has 0 saturated carbocycles. The number of unbranched alkanes of at least 4 members (excludes halogenated alkanes) is 4. The highest BCUT2D eigenvalue weighted by Gasteiger charge is 2.30. The molecule has 0 bridgehead atoms. The summed E-state index contributed by atoms with van der Waals surface area (Å²) in [4.78, 5) is 9.12. The molecule has 0 radical (unpaired) electrons. The van der Waals surface area contributed by atoms with Gasteiger partial charge < -0.3 is 10.2 Å². The van der Waals surface area contributed by atoms with Crippen LogP contribution in [0.2, 0.25) is 0 Å². The lowest BCUT2D eigenvalue weighted by atomic mass is 9.83. The molecule has 1 N–H and O–H groups in total. The predicted octanol–water partition coefficient (Wildman–Crippen LogP) is 26.7. The smallest absolute Gasteiger partial charge is 0.0650 e. The Morgan fingerprint density at radius 1 is 0.621 bits per heavy atom.